The van der Waals surface area contributed by atoms with Gasteiger partial charge in [0.05, 0.1) is 0 Å². The highest BCUT2D eigenvalue weighted by atomic mass is 16.2. The van der Waals surface area contributed by atoms with Crippen LogP contribution in [0.3, 0.4) is 0 Å². The van der Waals surface area contributed by atoms with Gasteiger partial charge in [0.2, 0.25) is 17.7 Å². The zero-order valence-corrected chi connectivity index (χ0v) is 10.4. The topological polar surface area (TPSA) is 99.3 Å². The van der Waals surface area contributed by atoms with Gasteiger partial charge in [-0.1, -0.05) is 0 Å². The summed E-state index contributed by atoms with van der Waals surface area (Å²) in [6.45, 7) is 1.33. The molecule has 8 heteroatoms. The van der Waals surface area contributed by atoms with Gasteiger partial charge in [-0.15, -0.1) is 0 Å². The molecule has 0 heterocycles. The second-order valence-electron chi connectivity index (χ2n) is 3.54. The molecule has 0 rings (SSSR count). The molecule has 0 aliphatic carbocycles. The fourth-order valence-corrected chi connectivity index (χ4v) is 1.24. The Morgan fingerprint density at radius 2 is 1.88 bits per heavy atom. The van der Waals surface area contributed by atoms with E-state index in [0.717, 1.165) is 0 Å². The minimum Gasteiger partial charge on any atom is -0.388 e. The largest absolute Gasteiger partial charge is 0.388 e. The molecule has 4 N–H and O–H groups in total. The van der Waals surface area contributed by atoms with E-state index in [1.54, 1.807) is 7.05 Å². The molecule has 0 aliphatic rings. The summed E-state index contributed by atoms with van der Waals surface area (Å²) in [5.74, 6) is -0.769. The molecule has 0 saturated carbocycles. The molecular weight excluding hydrogens is 223 g/mol. The van der Waals surface area contributed by atoms with E-state index < -0.39 is 6.04 Å². The Bertz CT molecular complexity index is 285. The van der Waals surface area contributed by atoms with Gasteiger partial charge in [-0.25, -0.2) is 0 Å². The summed E-state index contributed by atoms with van der Waals surface area (Å²) < 4.78 is 0. The van der Waals surface area contributed by atoms with Gasteiger partial charge in [-0.05, 0) is 13.5 Å². The molecule has 0 aromatic carbocycles. The highest BCUT2D eigenvalue weighted by Crippen LogP contribution is 1.97. The lowest BCUT2D eigenvalue weighted by Crippen LogP contribution is -2.45. The van der Waals surface area contributed by atoms with Crippen LogP contribution in [0.15, 0.2) is 0 Å². The maximum Gasteiger partial charge on any atom is 0.320 e. The van der Waals surface area contributed by atoms with Crippen molar-refractivity contribution in [3.63, 3.8) is 0 Å². The summed E-state index contributed by atoms with van der Waals surface area (Å²) >= 11 is 0. The number of hydrogen-bond acceptors (Lipinski definition) is 4. The second-order valence-corrected chi connectivity index (χ2v) is 3.54. The van der Waals surface area contributed by atoms with Crippen LogP contribution in [0.25, 0.3) is 0 Å². The van der Waals surface area contributed by atoms with Crippen LogP contribution in [0.2, 0.25) is 0 Å². The maximum absolute atomic E-state index is 11.4. The van der Waals surface area contributed by atoms with Crippen molar-refractivity contribution in [2.24, 2.45) is 0 Å². The van der Waals surface area contributed by atoms with E-state index in [0.29, 0.717) is 7.55 Å². The lowest BCUT2D eigenvalue weighted by atomic mass is 10.1. The third kappa shape index (κ3) is 7.34. The summed E-state index contributed by atoms with van der Waals surface area (Å²) in [7, 11) is 3.58. The van der Waals surface area contributed by atoms with E-state index in [9.17, 15) is 14.4 Å². The first-order valence-electron chi connectivity index (χ1n) is 5.41. The van der Waals surface area contributed by atoms with E-state index in [4.69, 9.17) is 0 Å². The summed E-state index contributed by atoms with van der Waals surface area (Å²) in [5.41, 5.74) is 0. The fraction of sp³-hybridized carbons (Fsp3) is 0.667. The predicted octanol–water partition coefficient (Wildman–Crippen LogP) is -2.38. The fourth-order valence-electron chi connectivity index (χ4n) is 1.24. The molecule has 1 atom stereocenters. The molecule has 0 aromatic rings. The quantitative estimate of drug-likeness (QED) is 0.374. The van der Waals surface area contributed by atoms with Crippen molar-refractivity contribution < 1.29 is 14.4 Å². The Morgan fingerprint density at radius 1 is 1.24 bits per heavy atom. The van der Waals surface area contributed by atoms with Crippen molar-refractivity contribution in [2.45, 2.75) is 25.8 Å². The molecule has 0 bridgehead atoms. The molecule has 0 saturated heterocycles. The third-order valence-corrected chi connectivity index (χ3v) is 2.06. The number of carbonyl (C=O) groups excluding carboxylic acids is 3. The number of nitrogens with one attached hydrogen (secondary N) is 4. The summed E-state index contributed by atoms with van der Waals surface area (Å²) in [6, 6.07) is -0.669. The summed E-state index contributed by atoms with van der Waals surface area (Å²) in [5, 5.41) is 10.3. The number of likely N-dealkylation sites (N-methyl/N-ethyl adjacent to an activating group) is 1. The molecule has 0 spiro atoms. The zero-order valence-electron chi connectivity index (χ0n) is 10.4. The Morgan fingerprint density at radius 3 is 2.35 bits per heavy atom. The molecule has 0 aromatic heterocycles. The van der Waals surface area contributed by atoms with Gasteiger partial charge in [0, 0.05) is 20.4 Å². The van der Waals surface area contributed by atoms with Gasteiger partial charge in [0.1, 0.15) is 6.04 Å². The van der Waals surface area contributed by atoms with Crippen LogP contribution in [0.4, 0.5) is 0 Å². The minimum absolute atomic E-state index is 0.168. The SMILES string of the molecule is CNBNC(=O)CC[C@H](NC(C)=O)C(=O)NC. The molecule has 3 amide bonds. The second kappa shape index (κ2) is 8.57. The van der Waals surface area contributed by atoms with Crippen LogP contribution >= 0.6 is 0 Å². The van der Waals surface area contributed by atoms with Crippen LogP contribution in [0, 0.1) is 0 Å². The molecule has 17 heavy (non-hydrogen) atoms. The number of rotatable bonds is 7. The number of carbonyl (C=O) groups is 3. The molecule has 0 fully saturated rings. The minimum atomic E-state index is -0.669. The summed E-state index contributed by atoms with van der Waals surface area (Å²) in [6.07, 6.45) is 0.453. The zero-order chi connectivity index (χ0) is 13.3. The number of hydrogen-bond donors (Lipinski definition) is 4. The monoisotopic (exact) mass is 242 g/mol. The Hall–Kier alpha value is -1.57. The first kappa shape index (κ1) is 15.4. The van der Waals surface area contributed by atoms with Gasteiger partial charge in [0.25, 0.3) is 0 Å². The maximum atomic E-state index is 11.4. The Kier molecular flexibility index (Phi) is 7.78. The van der Waals surface area contributed by atoms with Crippen LogP contribution in [-0.2, 0) is 14.4 Å². The highest BCUT2D eigenvalue weighted by Gasteiger charge is 2.18. The van der Waals surface area contributed by atoms with Crippen molar-refractivity contribution >= 4 is 25.3 Å². The van der Waals surface area contributed by atoms with Crippen molar-refractivity contribution in [3.05, 3.63) is 0 Å². The molecule has 0 radical (unpaired) electrons. The van der Waals surface area contributed by atoms with Crippen LogP contribution in [-0.4, -0.2) is 45.4 Å². The van der Waals surface area contributed by atoms with Crippen LogP contribution in [0.1, 0.15) is 19.8 Å². The Labute approximate surface area is 101 Å². The van der Waals surface area contributed by atoms with Gasteiger partial charge >= 0.3 is 7.55 Å². The highest BCUT2D eigenvalue weighted by molar-refractivity contribution is 6.33. The lowest BCUT2D eigenvalue weighted by molar-refractivity contribution is -0.128. The van der Waals surface area contributed by atoms with E-state index in [2.05, 4.69) is 21.1 Å². The first-order valence-corrected chi connectivity index (χ1v) is 5.41. The molecule has 0 unspecified atom stereocenters. The smallest absolute Gasteiger partial charge is 0.320 e. The normalized spacial score (nSPS) is 11.2. The number of amides is 3. The van der Waals surface area contributed by atoms with Crippen molar-refractivity contribution in [2.75, 3.05) is 14.1 Å². The van der Waals surface area contributed by atoms with Crippen LogP contribution < -0.4 is 21.1 Å². The van der Waals surface area contributed by atoms with Crippen LogP contribution in [0.5, 0.6) is 0 Å². The lowest BCUT2D eigenvalue weighted by Gasteiger charge is -2.15. The van der Waals surface area contributed by atoms with Gasteiger partial charge in [-0.3, -0.25) is 14.4 Å². The molecule has 7 nitrogen and oxygen atoms in total. The summed E-state index contributed by atoms with van der Waals surface area (Å²) in [4.78, 5) is 33.6. The first-order chi connectivity index (χ1) is 8.01. The van der Waals surface area contributed by atoms with E-state index in [-0.39, 0.29) is 30.6 Å². The van der Waals surface area contributed by atoms with Crippen molar-refractivity contribution in [3.8, 4) is 0 Å². The van der Waals surface area contributed by atoms with Crippen molar-refractivity contribution in [1.82, 2.24) is 21.1 Å². The predicted molar refractivity (Wildman–Crippen MR) is 65.3 cm³/mol. The van der Waals surface area contributed by atoms with E-state index >= 15 is 0 Å². The Balaban J connectivity index is 4.11. The average Bonchev–Trinajstić information content (AvgIpc) is 2.30. The molecule has 0 aliphatic heterocycles. The standard InChI is InChI=1S/C9H19BN4O3/c1-6(15)13-7(9(17)11-2)4-5-8(16)14-10-12-3/h7,10,12H,4-5H2,1-3H3,(H,11,17)(H,13,15)(H,14,16)/t7-/m0/s1. The van der Waals surface area contributed by atoms with E-state index in [1.165, 1.54) is 14.0 Å². The van der Waals surface area contributed by atoms with Crippen molar-refractivity contribution in [1.29, 1.82) is 0 Å². The van der Waals surface area contributed by atoms with Gasteiger partial charge in [-0.2, -0.15) is 0 Å². The van der Waals surface area contributed by atoms with Gasteiger partial charge in [0.15, 0.2) is 0 Å². The molecule has 96 valence electrons. The molecular formula is C9H19BN4O3. The third-order valence-electron chi connectivity index (χ3n) is 2.06. The average molecular weight is 242 g/mol. The van der Waals surface area contributed by atoms with E-state index in [1.807, 2.05) is 0 Å². The van der Waals surface area contributed by atoms with Gasteiger partial charge < -0.3 is 21.1 Å².